The van der Waals surface area contributed by atoms with Crippen molar-refractivity contribution in [3.8, 4) is 11.4 Å². The summed E-state index contributed by atoms with van der Waals surface area (Å²) in [5.74, 6) is -0.828. The van der Waals surface area contributed by atoms with Crippen LogP contribution in [0.4, 0.5) is 4.39 Å². The Kier molecular flexibility index (Phi) is 7.29. The highest BCUT2D eigenvalue weighted by atomic mass is 35.5. The maximum absolute atomic E-state index is 13.3. The molecule has 1 fully saturated rings. The molecular weight excluding hydrogens is 467 g/mol. The van der Waals surface area contributed by atoms with Crippen molar-refractivity contribution in [2.24, 2.45) is 0 Å². The monoisotopic (exact) mass is 488 g/mol. The molecule has 3 aromatic rings. The summed E-state index contributed by atoms with van der Waals surface area (Å²) in [5, 5.41) is 12.5. The number of hydrogen-bond donors (Lipinski definition) is 1. The van der Waals surface area contributed by atoms with E-state index in [4.69, 9.17) is 16.3 Å². The smallest absolute Gasteiger partial charge is 0.317 e. The normalized spacial score (nSPS) is 14.0. The van der Waals surface area contributed by atoms with Crippen LogP contribution in [-0.4, -0.2) is 38.4 Å². The van der Waals surface area contributed by atoms with Crippen molar-refractivity contribution in [2.75, 3.05) is 5.75 Å². The Morgan fingerprint density at radius 1 is 1.18 bits per heavy atom. The Bertz CT molecular complexity index is 1130. The number of nitrogens with one attached hydrogen (secondary N) is 1. The second kappa shape index (κ2) is 10.4. The number of carbonyl (C=O) groups is 2. The number of aromatic nitrogens is 3. The summed E-state index contributed by atoms with van der Waals surface area (Å²) in [4.78, 5) is 25.3. The van der Waals surface area contributed by atoms with E-state index >= 15 is 0 Å². The first-order chi connectivity index (χ1) is 15.9. The lowest BCUT2D eigenvalue weighted by molar-refractivity contribution is -0.154. The van der Waals surface area contributed by atoms with Crippen molar-refractivity contribution in [2.45, 2.75) is 43.6 Å². The molecule has 0 radical (unpaired) electrons. The number of amides is 1. The average molecular weight is 489 g/mol. The lowest BCUT2D eigenvalue weighted by Crippen LogP contribution is -2.34. The van der Waals surface area contributed by atoms with E-state index in [9.17, 15) is 14.0 Å². The molecule has 0 spiro atoms. The number of esters is 1. The first-order valence-electron chi connectivity index (χ1n) is 10.5. The summed E-state index contributed by atoms with van der Waals surface area (Å²) < 4.78 is 20.7. The van der Waals surface area contributed by atoms with E-state index in [0.29, 0.717) is 28.1 Å². The fraction of sp³-hybridized carbons (Fsp3) is 0.304. The predicted octanol–water partition coefficient (Wildman–Crippen LogP) is 4.41. The molecule has 33 heavy (non-hydrogen) atoms. The molecule has 4 rings (SSSR count). The van der Waals surface area contributed by atoms with Crippen LogP contribution in [0, 0.1) is 5.82 Å². The first kappa shape index (κ1) is 23.3. The Morgan fingerprint density at radius 2 is 1.88 bits per heavy atom. The van der Waals surface area contributed by atoms with Gasteiger partial charge in [0.15, 0.2) is 11.0 Å². The van der Waals surface area contributed by atoms with Crippen molar-refractivity contribution in [1.82, 2.24) is 20.1 Å². The van der Waals surface area contributed by atoms with Crippen LogP contribution < -0.4 is 5.32 Å². The van der Waals surface area contributed by atoms with Crippen molar-refractivity contribution in [3.05, 3.63) is 64.9 Å². The number of halogens is 2. The van der Waals surface area contributed by atoms with E-state index < -0.39 is 23.8 Å². The standard InChI is InChI=1S/C23H22ClFN4O3S/c1-2-29-21(15-3-7-16(24)8-4-15)27-28-23(29)33-13-19(30)32-20(22(31)26-18-11-12-18)14-5-9-17(25)10-6-14/h3-10,18,20H,2,11-13H2,1H3,(H,26,31). The van der Waals surface area contributed by atoms with Gasteiger partial charge in [0.2, 0.25) is 6.10 Å². The number of benzene rings is 2. The zero-order chi connectivity index (χ0) is 23.4. The summed E-state index contributed by atoms with van der Waals surface area (Å²) in [6, 6.07) is 12.7. The van der Waals surface area contributed by atoms with Gasteiger partial charge in [0.05, 0.1) is 5.75 Å². The van der Waals surface area contributed by atoms with Crippen molar-refractivity contribution in [1.29, 1.82) is 0 Å². The minimum atomic E-state index is -1.15. The zero-order valence-corrected chi connectivity index (χ0v) is 19.4. The second-order valence-corrected chi connectivity index (χ2v) is 8.93. The third kappa shape index (κ3) is 5.91. The zero-order valence-electron chi connectivity index (χ0n) is 17.8. The van der Waals surface area contributed by atoms with Crippen LogP contribution in [0.3, 0.4) is 0 Å². The van der Waals surface area contributed by atoms with Gasteiger partial charge in [-0.05, 0) is 56.2 Å². The molecular formula is C23H22ClFN4O3S. The summed E-state index contributed by atoms with van der Waals surface area (Å²) in [7, 11) is 0. The minimum absolute atomic E-state index is 0.0623. The summed E-state index contributed by atoms with van der Waals surface area (Å²) >= 11 is 7.14. The molecule has 1 aliphatic carbocycles. The number of hydrogen-bond acceptors (Lipinski definition) is 6. The van der Waals surface area contributed by atoms with E-state index in [1.165, 1.54) is 36.0 Å². The molecule has 0 saturated heterocycles. The van der Waals surface area contributed by atoms with E-state index in [0.717, 1.165) is 18.4 Å². The van der Waals surface area contributed by atoms with Gasteiger partial charge in [0.1, 0.15) is 5.82 Å². The number of nitrogens with zero attached hydrogens (tertiary/aromatic N) is 3. The molecule has 10 heteroatoms. The largest absolute Gasteiger partial charge is 0.447 e. The topological polar surface area (TPSA) is 86.1 Å². The van der Waals surface area contributed by atoms with Crippen LogP contribution >= 0.6 is 23.4 Å². The van der Waals surface area contributed by atoms with Gasteiger partial charge in [-0.1, -0.05) is 35.5 Å². The summed E-state index contributed by atoms with van der Waals surface area (Å²) in [6.45, 7) is 2.56. The highest BCUT2D eigenvalue weighted by molar-refractivity contribution is 7.99. The molecule has 1 atom stereocenters. The average Bonchev–Trinajstić information content (AvgIpc) is 3.53. The summed E-state index contributed by atoms with van der Waals surface area (Å²) in [5.41, 5.74) is 1.27. The van der Waals surface area contributed by atoms with Crippen molar-refractivity contribution in [3.63, 3.8) is 0 Å². The molecule has 1 aromatic heterocycles. The highest BCUT2D eigenvalue weighted by Crippen LogP contribution is 2.27. The molecule has 1 aliphatic rings. The Hall–Kier alpha value is -2.91. The molecule has 0 aliphatic heterocycles. The SMILES string of the molecule is CCn1c(SCC(=O)OC(C(=O)NC2CC2)c2ccc(F)cc2)nnc1-c1ccc(Cl)cc1. The van der Waals surface area contributed by atoms with E-state index in [2.05, 4.69) is 15.5 Å². The van der Waals surface area contributed by atoms with Crippen molar-refractivity contribution >= 4 is 35.2 Å². The molecule has 0 bridgehead atoms. The number of ether oxygens (including phenoxy) is 1. The molecule has 2 aromatic carbocycles. The fourth-order valence-corrected chi connectivity index (χ4v) is 4.11. The maximum Gasteiger partial charge on any atom is 0.317 e. The van der Waals surface area contributed by atoms with Crippen LogP contribution in [-0.2, 0) is 20.9 Å². The third-order valence-electron chi connectivity index (χ3n) is 5.04. The Morgan fingerprint density at radius 3 is 2.52 bits per heavy atom. The maximum atomic E-state index is 13.3. The number of rotatable bonds is 9. The van der Waals surface area contributed by atoms with Gasteiger partial charge in [-0.3, -0.25) is 9.59 Å². The summed E-state index contributed by atoms with van der Waals surface area (Å²) in [6.07, 6.45) is 0.649. The van der Waals surface area contributed by atoms with Gasteiger partial charge in [-0.25, -0.2) is 4.39 Å². The third-order valence-corrected chi connectivity index (χ3v) is 6.23. The van der Waals surface area contributed by atoms with Gasteiger partial charge in [-0.15, -0.1) is 10.2 Å². The first-order valence-corrected chi connectivity index (χ1v) is 11.9. The quantitative estimate of drug-likeness (QED) is 0.354. The lowest BCUT2D eigenvalue weighted by atomic mass is 10.1. The van der Waals surface area contributed by atoms with Gasteiger partial charge >= 0.3 is 5.97 Å². The van der Waals surface area contributed by atoms with Gasteiger partial charge in [0.25, 0.3) is 5.91 Å². The molecule has 1 unspecified atom stereocenters. The van der Waals surface area contributed by atoms with Crippen LogP contribution in [0.1, 0.15) is 31.4 Å². The van der Waals surface area contributed by atoms with Crippen LogP contribution in [0.25, 0.3) is 11.4 Å². The molecule has 1 amide bonds. The van der Waals surface area contributed by atoms with Crippen LogP contribution in [0.5, 0.6) is 0 Å². The van der Waals surface area contributed by atoms with Crippen LogP contribution in [0.15, 0.2) is 53.7 Å². The van der Waals surface area contributed by atoms with Crippen molar-refractivity contribution < 1.29 is 18.7 Å². The molecule has 7 nitrogen and oxygen atoms in total. The van der Waals surface area contributed by atoms with Crippen LogP contribution in [0.2, 0.25) is 5.02 Å². The Labute approximate surface area is 199 Å². The number of carbonyl (C=O) groups excluding carboxylic acids is 2. The lowest BCUT2D eigenvalue weighted by Gasteiger charge is -2.18. The number of thioether (sulfide) groups is 1. The fourth-order valence-electron chi connectivity index (χ4n) is 3.20. The van der Waals surface area contributed by atoms with E-state index in [1.54, 1.807) is 12.1 Å². The minimum Gasteiger partial charge on any atom is -0.447 e. The predicted molar refractivity (Wildman–Crippen MR) is 123 cm³/mol. The van der Waals surface area contributed by atoms with E-state index in [1.807, 2.05) is 23.6 Å². The molecule has 172 valence electrons. The second-order valence-electron chi connectivity index (χ2n) is 7.55. The molecule has 1 N–H and O–H groups in total. The van der Waals surface area contributed by atoms with Gasteiger partial charge < -0.3 is 14.6 Å². The molecule has 1 heterocycles. The highest BCUT2D eigenvalue weighted by Gasteiger charge is 2.31. The Balaban J connectivity index is 1.44. The van der Waals surface area contributed by atoms with Gasteiger partial charge in [-0.2, -0.15) is 0 Å². The molecule has 1 saturated carbocycles. The van der Waals surface area contributed by atoms with E-state index in [-0.39, 0.29) is 11.8 Å². The van der Waals surface area contributed by atoms with Gasteiger partial charge in [0, 0.05) is 28.7 Å².